The van der Waals surface area contributed by atoms with Crippen molar-refractivity contribution in [3.05, 3.63) is 204 Å². The lowest BCUT2D eigenvalue weighted by Crippen LogP contribution is -2.16. The zero-order chi connectivity index (χ0) is 38.8. The van der Waals surface area contributed by atoms with E-state index in [-0.39, 0.29) is 0 Å². The Labute approximate surface area is 343 Å². The Morgan fingerprint density at radius 3 is 2.22 bits per heavy atom. The van der Waals surface area contributed by atoms with E-state index in [4.69, 9.17) is 19.4 Å². The lowest BCUT2D eigenvalue weighted by Gasteiger charge is -2.28. The lowest BCUT2D eigenvalue weighted by atomic mass is 9.94. The predicted octanol–water partition coefficient (Wildman–Crippen LogP) is 13.8. The van der Waals surface area contributed by atoms with Gasteiger partial charge >= 0.3 is 0 Å². The number of furan rings is 1. The number of para-hydroxylation sites is 1. The van der Waals surface area contributed by atoms with Gasteiger partial charge in [-0.15, -0.1) is 0 Å². The van der Waals surface area contributed by atoms with E-state index in [1.807, 2.05) is 42.1 Å². The Balaban J connectivity index is 1.12. The van der Waals surface area contributed by atoms with Crippen molar-refractivity contribution < 1.29 is 4.42 Å². The van der Waals surface area contributed by atoms with Gasteiger partial charge in [0.25, 0.3) is 0 Å². The Morgan fingerprint density at radius 2 is 1.43 bits per heavy atom. The number of fused-ring (bicyclic) bond motifs is 4. The fourth-order valence-corrected chi connectivity index (χ4v) is 9.24. The molecule has 58 heavy (non-hydrogen) atoms. The van der Waals surface area contributed by atoms with Crippen LogP contribution in [0.15, 0.2) is 190 Å². The number of hydrogen-bond acceptors (Lipinski definition) is 6. The second kappa shape index (κ2) is 15.6. The first kappa shape index (κ1) is 35.6. The monoisotopic (exact) mass is 768 g/mol. The van der Waals surface area contributed by atoms with Crippen molar-refractivity contribution in [1.29, 1.82) is 0 Å². The minimum atomic E-state index is 0.640. The maximum Gasteiger partial charge on any atom is 0.164 e. The summed E-state index contributed by atoms with van der Waals surface area (Å²) in [4.78, 5) is 20.4. The zero-order valence-electron chi connectivity index (χ0n) is 32.0. The van der Waals surface area contributed by atoms with Crippen LogP contribution in [0, 0.1) is 0 Å². The number of benzene rings is 5. The predicted molar refractivity (Wildman–Crippen MR) is 241 cm³/mol. The molecular formula is C52H40N4OS. The quantitative estimate of drug-likeness (QED) is 0.136. The van der Waals surface area contributed by atoms with Crippen molar-refractivity contribution in [3.63, 3.8) is 0 Å². The molecule has 0 bridgehead atoms. The average molecular weight is 769 g/mol. The first-order chi connectivity index (χ1) is 28.7. The molecule has 6 heteroatoms. The third-order valence-electron chi connectivity index (χ3n) is 10.9. The molecule has 0 N–H and O–H groups in total. The number of aryl methyl sites for hydroxylation is 1. The molecule has 7 aromatic rings. The highest BCUT2D eigenvalue weighted by Gasteiger charge is 2.25. The number of aromatic nitrogens is 3. The van der Waals surface area contributed by atoms with Crippen LogP contribution < -0.4 is 4.90 Å². The molecule has 0 amide bonds. The van der Waals surface area contributed by atoms with Gasteiger partial charge < -0.3 is 9.32 Å². The standard InChI is InChI=1S/C52H40N4OS/c1-2-3-25-44(48-34-38-21-13-16-27-47(38)58-48)56(40-22-11-6-12-23-40)41-30-28-35(29-31-41)39-32-43(49-42-24-14-15-26-45(42)57-46(49)33-39)52-54-50(36-17-7-4-8-18-36)53-51(55-52)37-19-9-5-10-20-37/h2-4,6-9,11-13,15-23,25-33H,1,5,10,14,24,34H2/b25-3-,48-44-. The van der Waals surface area contributed by atoms with Crippen molar-refractivity contribution in [2.75, 3.05) is 4.90 Å². The van der Waals surface area contributed by atoms with Gasteiger partial charge in [0.05, 0.1) is 5.70 Å². The van der Waals surface area contributed by atoms with E-state index in [9.17, 15) is 0 Å². The molecule has 1 aliphatic heterocycles. The van der Waals surface area contributed by atoms with Crippen molar-refractivity contribution in [2.24, 2.45) is 0 Å². The van der Waals surface area contributed by atoms with E-state index in [0.717, 1.165) is 93.7 Å². The topological polar surface area (TPSA) is 55.1 Å². The third kappa shape index (κ3) is 6.86. The minimum Gasteiger partial charge on any atom is -0.456 e. The van der Waals surface area contributed by atoms with E-state index in [2.05, 4.69) is 151 Å². The summed E-state index contributed by atoms with van der Waals surface area (Å²) < 4.78 is 6.64. The Kier molecular flexibility index (Phi) is 9.61. The van der Waals surface area contributed by atoms with Crippen LogP contribution in [0.4, 0.5) is 11.4 Å². The fourth-order valence-electron chi connectivity index (χ4n) is 8.07. The average Bonchev–Trinajstić information content (AvgIpc) is 3.90. The van der Waals surface area contributed by atoms with Crippen LogP contribution in [0.5, 0.6) is 0 Å². The summed E-state index contributed by atoms with van der Waals surface area (Å²) in [6.45, 7) is 4.00. The van der Waals surface area contributed by atoms with Gasteiger partial charge in [-0.3, -0.25) is 0 Å². The molecule has 0 saturated carbocycles. The molecule has 0 fully saturated rings. The van der Waals surface area contributed by atoms with Gasteiger partial charge in [0.15, 0.2) is 17.5 Å². The molecule has 2 aliphatic carbocycles. The molecule has 5 aromatic carbocycles. The van der Waals surface area contributed by atoms with Gasteiger partial charge in [-0.05, 0) is 97.0 Å². The lowest BCUT2D eigenvalue weighted by molar-refractivity contribution is 0.595. The van der Waals surface area contributed by atoms with Crippen molar-refractivity contribution in [3.8, 4) is 33.9 Å². The molecule has 2 aromatic heterocycles. The maximum absolute atomic E-state index is 6.64. The van der Waals surface area contributed by atoms with Crippen LogP contribution in [-0.4, -0.2) is 15.0 Å². The number of anilines is 2. The highest BCUT2D eigenvalue weighted by atomic mass is 32.2. The molecule has 0 saturated heterocycles. The summed E-state index contributed by atoms with van der Waals surface area (Å²) in [6.07, 6.45) is 21.6. The SMILES string of the molecule is C=C/C=C\C(=C1/Cc2ccccc2S1)N(c1ccccc1)c1ccc(-c2cc(-c3nc(C4=CCCC=C4)nc(-c4ccccc4)n3)c3c4c(oc3c2)C=CCC4)cc1. The number of rotatable bonds is 9. The summed E-state index contributed by atoms with van der Waals surface area (Å²) in [7, 11) is 0. The van der Waals surface area contributed by atoms with Crippen LogP contribution in [0.2, 0.25) is 0 Å². The smallest absolute Gasteiger partial charge is 0.164 e. The van der Waals surface area contributed by atoms with Gasteiger partial charge in [0.1, 0.15) is 11.3 Å². The summed E-state index contributed by atoms with van der Waals surface area (Å²) in [5.74, 6) is 2.88. The highest BCUT2D eigenvalue weighted by molar-refractivity contribution is 8.03. The second-order valence-corrected chi connectivity index (χ2v) is 15.7. The molecule has 3 heterocycles. The Bertz CT molecular complexity index is 2820. The van der Waals surface area contributed by atoms with E-state index < -0.39 is 0 Å². The van der Waals surface area contributed by atoms with Gasteiger partial charge in [-0.2, -0.15) is 0 Å². The van der Waals surface area contributed by atoms with Crippen molar-refractivity contribution in [2.45, 2.75) is 37.0 Å². The Morgan fingerprint density at radius 1 is 0.690 bits per heavy atom. The van der Waals surface area contributed by atoms with E-state index in [0.29, 0.717) is 17.5 Å². The van der Waals surface area contributed by atoms with E-state index in [1.165, 1.54) is 20.9 Å². The number of nitrogens with zero attached hydrogens (tertiary/aromatic N) is 4. The largest absolute Gasteiger partial charge is 0.456 e. The molecule has 280 valence electrons. The first-order valence-corrected chi connectivity index (χ1v) is 20.7. The number of thioether (sulfide) groups is 1. The van der Waals surface area contributed by atoms with Gasteiger partial charge in [0.2, 0.25) is 0 Å². The third-order valence-corrected chi connectivity index (χ3v) is 12.1. The van der Waals surface area contributed by atoms with Crippen molar-refractivity contribution in [1.82, 2.24) is 15.0 Å². The second-order valence-electron chi connectivity index (χ2n) is 14.6. The van der Waals surface area contributed by atoms with E-state index >= 15 is 0 Å². The van der Waals surface area contributed by atoms with Crippen LogP contribution in [-0.2, 0) is 12.8 Å². The highest BCUT2D eigenvalue weighted by Crippen LogP contribution is 2.46. The molecule has 0 spiro atoms. The normalized spacial score (nSPS) is 15.3. The van der Waals surface area contributed by atoms with E-state index in [1.54, 1.807) is 0 Å². The molecule has 0 atom stereocenters. The summed E-state index contributed by atoms with van der Waals surface area (Å²) in [5, 5.41) is 1.07. The number of allylic oxidation sites excluding steroid dienone is 9. The molecular weight excluding hydrogens is 729 g/mol. The van der Waals surface area contributed by atoms with Crippen LogP contribution in [0.1, 0.15) is 42.0 Å². The zero-order valence-corrected chi connectivity index (χ0v) is 32.8. The van der Waals surface area contributed by atoms with Gasteiger partial charge in [0, 0.05) is 55.2 Å². The first-order valence-electron chi connectivity index (χ1n) is 19.9. The van der Waals surface area contributed by atoms with Gasteiger partial charge in [-0.25, -0.2) is 15.0 Å². The molecule has 5 nitrogen and oxygen atoms in total. The number of hydrogen-bond donors (Lipinski definition) is 0. The minimum absolute atomic E-state index is 0.640. The molecule has 10 rings (SSSR count). The fraction of sp³-hybridized carbons (Fsp3) is 0.0962. The maximum atomic E-state index is 6.64. The molecule has 0 radical (unpaired) electrons. The Hall–Kier alpha value is -6.76. The van der Waals surface area contributed by atoms with Gasteiger partial charge in [-0.1, -0.05) is 134 Å². The summed E-state index contributed by atoms with van der Waals surface area (Å²) in [6, 6.07) is 42.7. The molecule has 3 aliphatic rings. The van der Waals surface area contributed by atoms with Crippen LogP contribution in [0.3, 0.4) is 0 Å². The summed E-state index contributed by atoms with van der Waals surface area (Å²) in [5.41, 5.74) is 11.7. The van der Waals surface area contributed by atoms with Crippen molar-refractivity contribution >= 4 is 45.8 Å². The van der Waals surface area contributed by atoms with Crippen LogP contribution in [0.25, 0.3) is 56.5 Å². The summed E-state index contributed by atoms with van der Waals surface area (Å²) >= 11 is 1.85. The molecule has 0 unspecified atom stereocenters. The van der Waals surface area contributed by atoms with Crippen LogP contribution >= 0.6 is 11.8 Å².